The normalized spacial score (nSPS) is 11.5. The maximum atomic E-state index is 12.6. The zero-order valence-corrected chi connectivity index (χ0v) is 16.5. The molecule has 0 saturated heterocycles. The molecule has 27 heavy (non-hydrogen) atoms. The molecule has 2 aromatic heterocycles. The van der Waals surface area contributed by atoms with Gasteiger partial charge in [-0.1, -0.05) is 17.3 Å². The number of nitrogens with zero attached hydrogens (tertiary/aromatic N) is 2. The third-order valence-electron chi connectivity index (χ3n) is 3.83. The highest BCUT2D eigenvalue weighted by Gasteiger charge is 2.19. The maximum Gasteiger partial charge on any atom is 0.253 e. The smallest absolute Gasteiger partial charge is 0.253 e. The molecule has 2 heterocycles. The van der Waals surface area contributed by atoms with Crippen LogP contribution in [0.5, 0.6) is 0 Å². The lowest BCUT2D eigenvalue weighted by Crippen LogP contribution is -2.27. The Morgan fingerprint density at radius 1 is 1.26 bits per heavy atom. The monoisotopic (exact) mass is 405 g/mol. The average Bonchev–Trinajstić information content (AvgIpc) is 3.31. The topological polar surface area (TPSA) is 92.5 Å². The summed E-state index contributed by atoms with van der Waals surface area (Å²) in [5.41, 5.74) is 0.918. The summed E-state index contributed by atoms with van der Waals surface area (Å²) >= 11 is 1.47. The molecule has 0 radical (unpaired) electrons. The number of sulfonamides is 1. The van der Waals surface area contributed by atoms with E-state index in [2.05, 4.69) is 9.88 Å². The molecule has 0 atom stereocenters. The van der Waals surface area contributed by atoms with Gasteiger partial charge in [0.2, 0.25) is 10.0 Å². The van der Waals surface area contributed by atoms with Gasteiger partial charge in [0.15, 0.2) is 0 Å². The summed E-state index contributed by atoms with van der Waals surface area (Å²) in [6, 6.07) is 11.5. The number of hydrogen-bond acceptors (Lipinski definition) is 6. The third kappa shape index (κ3) is 4.82. The summed E-state index contributed by atoms with van der Waals surface area (Å²) < 4.78 is 32.6. The molecule has 0 fully saturated rings. The first kappa shape index (κ1) is 19.3. The van der Waals surface area contributed by atoms with Crippen LogP contribution in [0.25, 0.3) is 0 Å². The molecule has 0 aliphatic heterocycles. The van der Waals surface area contributed by atoms with Crippen LogP contribution in [0, 0.1) is 6.92 Å². The molecule has 1 amide bonds. The summed E-state index contributed by atoms with van der Waals surface area (Å²) in [5.74, 6) is 0.363. The first-order valence-electron chi connectivity index (χ1n) is 8.15. The van der Waals surface area contributed by atoms with E-state index in [0.29, 0.717) is 11.5 Å². The van der Waals surface area contributed by atoms with Gasteiger partial charge in [-0.2, -0.15) is 0 Å². The Hall–Kier alpha value is -2.49. The standard InChI is InChI=1S/C18H19N3O4S2/c1-13-9-15(20-25-13)12-21(2)18(22)14-5-3-7-17(10-14)27(23,24)19-11-16-6-4-8-26-16/h3-10,19H,11-12H2,1-2H3. The van der Waals surface area contributed by atoms with Gasteiger partial charge in [-0.25, -0.2) is 13.1 Å². The Morgan fingerprint density at radius 2 is 2.07 bits per heavy atom. The molecule has 3 rings (SSSR count). The van der Waals surface area contributed by atoms with E-state index in [0.717, 1.165) is 4.88 Å². The summed E-state index contributed by atoms with van der Waals surface area (Å²) in [4.78, 5) is 15.1. The molecule has 0 bridgehead atoms. The largest absolute Gasteiger partial charge is 0.361 e. The van der Waals surface area contributed by atoms with Crippen LogP contribution in [0.4, 0.5) is 0 Å². The molecule has 7 nitrogen and oxygen atoms in total. The van der Waals surface area contributed by atoms with Crippen molar-refractivity contribution in [1.29, 1.82) is 0 Å². The number of hydrogen-bond donors (Lipinski definition) is 1. The lowest BCUT2D eigenvalue weighted by atomic mass is 10.2. The molecule has 0 aliphatic carbocycles. The summed E-state index contributed by atoms with van der Waals surface area (Å²) in [6.07, 6.45) is 0. The Bertz CT molecular complexity index is 1030. The minimum Gasteiger partial charge on any atom is -0.361 e. The van der Waals surface area contributed by atoms with Crippen molar-refractivity contribution in [3.8, 4) is 0 Å². The van der Waals surface area contributed by atoms with Crippen LogP contribution in [0.3, 0.4) is 0 Å². The highest BCUT2D eigenvalue weighted by atomic mass is 32.2. The molecule has 1 aromatic carbocycles. The first-order valence-corrected chi connectivity index (χ1v) is 10.5. The first-order chi connectivity index (χ1) is 12.8. The highest BCUT2D eigenvalue weighted by molar-refractivity contribution is 7.89. The van der Waals surface area contributed by atoms with Gasteiger partial charge in [0, 0.05) is 30.1 Å². The average molecular weight is 406 g/mol. The van der Waals surface area contributed by atoms with Crippen LogP contribution in [0.2, 0.25) is 0 Å². The minimum atomic E-state index is -3.72. The highest BCUT2D eigenvalue weighted by Crippen LogP contribution is 2.16. The van der Waals surface area contributed by atoms with Gasteiger partial charge < -0.3 is 9.42 Å². The maximum absolute atomic E-state index is 12.6. The fraction of sp³-hybridized carbons (Fsp3) is 0.222. The van der Waals surface area contributed by atoms with Crippen LogP contribution >= 0.6 is 11.3 Å². The predicted molar refractivity (Wildman–Crippen MR) is 102 cm³/mol. The quantitative estimate of drug-likeness (QED) is 0.652. The van der Waals surface area contributed by atoms with Gasteiger partial charge in [-0.05, 0) is 36.6 Å². The van der Waals surface area contributed by atoms with Crippen molar-refractivity contribution in [2.45, 2.75) is 24.9 Å². The molecule has 0 aliphatic rings. The molecule has 142 valence electrons. The van der Waals surface area contributed by atoms with E-state index in [1.165, 1.54) is 28.4 Å². The zero-order valence-electron chi connectivity index (χ0n) is 14.9. The van der Waals surface area contributed by atoms with E-state index >= 15 is 0 Å². The lowest BCUT2D eigenvalue weighted by Gasteiger charge is -2.16. The van der Waals surface area contributed by atoms with Crippen LogP contribution in [-0.2, 0) is 23.1 Å². The van der Waals surface area contributed by atoms with Gasteiger partial charge in [-0.15, -0.1) is 11.3 Å². The third-order valence-corrected chi connectivity index (χ3v) is 6.11. The number of thiophene rings is 1. The molecule has 1 N–H and O–H groups in total. The second-order valence-corrected chi connectivity index (χ2v) is 8.82. The minimum absolute atomic E-state index is 0.0515. The number of amides is 1. The van der Waals surface area contributed by atoms with Crippen molar-refractivity contribution in [2.75, 3.05) is 7.05 Å². The van der Waals surface area contributed by atoms with Gasteiger partial charge in [0.05, 0.1) is 11.4 Å². The van der Waals surface area contributed by atoms with Crippen LogP contribution in [-0.4, -0.2) is 31.4 Å². The van der Waals surface area contributed by atoms with Crippen molar-refractivity contribution in [3.05, 3.63) is 69.7 Å². The number of carbonyl (C=O) groups is 1. The summed E-state index contributed by atoms with van der Waals surface area (Å²) in [5, 5.41) is 5.75. The molecule has 9 heteroatoms. The van der Waals surface area contributed by atoms with Crippen LogP contribution in [0.15, 0.2) is 57.3 Å². The van der Waals surface area contributed by atoms with E-state index in [-0.39, 0.29) is 29.5 Å². The van der Waals surface area contributed by atoms with E-state index in [9.17, 15) is 13.2 Å². The number of carbonyl (C=O) groups excluding carboxylic acids is 1. The molecule has 0 spiro atoms. The Balaban J connectivity index is 1.72. The second-order valence-electron chi connectivity index (χ2n) is 6.02. The number of nitrogens with one attached hydrogen (secondary N) is 1. The lowest BCUT2D eigenvalue weighted by molar-refractivity contribution is 0.0782. The summed E-state index contributed by atoms with van der Waals surface area (Å²) in [7, 11) is -2.09. The second kappa shape index (κ2) is 8.03. The van der Waals surface area contributed by atoms with Gasteiger partial charge in [0.25, 0.3) is 5.91 Å². The summed E-state index contributed by atoms with van der Waals surface area (Å²) in [6.45, 7) is 2.25. The molecule has 0 saturated carbocycles. The molecular weight excluding hydrogens is 386 g/mol. The number of rotatable bonds is 7. The van der Waals surface area contributed by atoms with Crippen molar-refractivity contribution in [1.82, 2.24) is 14.8 Å². The molecule has 3 aromatic rings. The van der Waals surface area contributed by atoms with Gasteiger partial charge in [-0.3, -0.25) is 4.79 Å². The van der Waals surface area contributed by atoms with Crippen molar-refractivity contribution >= 4 is 27.3 Å². The van der Waals surface area contributed by atoms with Crippen molar-refractivity contribution < 1.29 is 17.7 Å². The van der Waals surface area contributed by atoms with Gasteiger partial charge >= 0.3 is 0 Å². The fourth-order valence-corrected chi connectivity index (χ4v) is 4.27. The van der Waals surface area contributed by atoms with Crippen LogP contribution in [0.1, 0.15) is 26.7 Å². The Labute approximate surface area is 161 Å². The van der Waals surface area contributed by atoms with Crippen molar-refractivity contribution in [3.63, 3.8) is 0 Å². The van der Waals surface area contributed by atoms with E-state index in [4.69, 9.17) is 4.52 Å². The Kier molecular flexibility index (Phi) is 5.73. The number of benzene rings is 1. The van der Waals surface area contributed by atoms with E-state index < -0.39 is 10.0 Å². The molecular formula is C18H19N3O4S2. The van der Waals surface area contributed by atoms with Crippen LogP contribution < -0.4 is 4.72 Å². The Morgan fingerprint density at radius 3 is 2.74 bits per heavy atom. The fourth-order valence-electron chi connectivity index (χ4n) is 2.49. The van der Waals surface area contributed by atoms with Crippen molar-refractivity contribution in [2.24, 2.45) is 0 Å². The SMILES string of the molecule is Cc1cc(CN(C)C(=O)c2cccc(S(=O)(=O)NCc3cccs3)c2)no1. The number of aryl methyl sites for hydroxylation is 1. The van der Waals surface area contributed by atoms with Gasteiger partial charge in [0.1, 0.15) is 11.5 Å². The zero-order chi connectivity index (χ0) is 19.4. The van der Waals surface area contributed by atoms with E-state index in [1.807, 2.05) is 17.5 Å². The van der Waals surface area contributed by atoms with E-state index in [1.54, 1.807) is 32.2 Å². The molecule has 0 unspecified atom stereocenters. The number of aromatic nitrogens is 1. The predicted octanol–water partition coefficient (Wildman–Crippen LogP) is 2.80.